The molecule has 0 saturated heterocycles. The molecule has 0 spiro atoms. The maximum atomic E-state index is 6.23. The number of rotatable bonds is 1. The standard InChI is InChI=1S/C13H15N5/c1-8-6-9-7-10(2-3-11(9)17-8)13(15)16-5-4-12(14)18-13/h2-7,16-17H,15H2,1H3,(H2,14,18). The number of hydrogen-bond donors (Lipinski definition) is 4. The molecular formula is C13H15N5. The number of H-pyrrole nitrogens is 1. The van der Waals surface area contributed by atoms with E-state index in [0.717, 1.165) is 22.2 Å². The lowest BCUT2D eigenvalue weighted by molar-refractivity contribution is 0.410. The number of aromatic amines is 1. The van der Waals surface area contributed by atoms with E-state index in [1.165, 1.54) is 0 Å². The zero-order valence-corrected chi connectivity index (χ0v) is 10.1. The molecule has 0 bridgehead atoms. The lowest BCUT2D eigenvalue weighted by Crippen LogP contribution is -2.49. The summed E-state index contributed by atoms with van der Waals surface area (Å²) >= 11 is 0. The van der Waals surface area contributed by atoms with E-state index in [-0.39, 0.29) is 0 Å². The van der Waals surface area contributed by atoms with Gasteiger partial charge in [-0.05, 0) is 31.2 Å². The molecule has 6 N–H and O–H groups in total. The minimum Gasteiger partial charge on any atom is -0.384 e. The summed E-state index contributed by atoms with van der Waals surface area (Å²) in [5.41, 5.74) is 15.0. The summed E-state index contributed by atoms with van der Waals surface area (Å²) in [5.74, 6) is -0.570. The molecule has 18 heavy (non-hydrogen) atoms. The Kier molecular flexibility index (Phi) is 2.18. The van der Waals surface area contributed by atoms with Crippen molar-refractivity contribution >= 4 is 16.7 Å². The maximum absolute atomic E-state index is 6.23. The number of aryl methyl sites for hydroxylation is 1. The Hall–Kier alpha value is -2.27. The minimum absolute atomic E-state index is 0.418. The van der Waals surface area contributed by atoms with E-state index in [2.05, 4.69) is 21.4 Å². The zero-order chi connectivity index (χ0) is 12.8. The summed E-state index contributed by atoms with van der Waals surface area (Å²) in [6.07, 6.45) is 3.40. The summed E-state index contributed by atoms with van der Waals surface area (Å²) in [5, 5.41) is 4.14. The molecule has 5 heteroatoms. The quantitative estimate of drug-likeness (QED) is 0.600. The molecule has 1 aliphatic heterocycles. The molecule has 0 aliphatic carbocycles. The van der Waals surface area contributed by atoms with Crippen molar-refractivity contribution in [2.45, 2.75) is 12.7 Å². The van der Waals surface area contributed by atoms with Crippen LogP contribution >= 0.6 is 0 Å². The smallest absolute Gasteiger partial charge is 0.211 e. The Labute approximate surface area is 105 Å². The second-order valence-corrected chi connectivity index (χ2v) is 4.54. The first-order chi connectivity index (χ1) is 8.57. The third-order valence-corrected chi connectivity index (χ3v) is 3.06. The van der Waals surface area contributed by atoms with E-state index >= 15 is 0 Å². The number of nitrogens with two attached hydrogens (primary N) is 2. The number of fused-ring (bicyclic) bond motifs is 1. The van der Waals surface area contributed by atoms with Crippen molar-refractivity contribution in [1.82, 2.24) is 10.3 Å². The van der Waals surface area contributed by atoms with Gasteiger partial charge in [0.25, 0.3) is 0 Å². The van der Waals surface area contributed by atoms with Gasteiger partial charge < -0.3 is 16.0 Å². The summed E-state index contributed by atoms with van der Waals surface area (Å²) in [7, 11) is 0. The van der Waals surface area contributed by atoms with Gasteiger partial charge in [-0.15, -0.1) is 0 Å². The number of benzene rings is 1. The van der Waals surface area contributed by atoms with Crippen LogP contribution in [0.25, 0.3) is 10.9 Å². The van der Waals surface area contributed by atoms with E-state index in [0.29, 0.717) is 5.84 Å². The second-order valence-electron chi connectivity index (χ2n) is 4.54. The third-order valence-electron chi connectivity index (χ3n) is 3.06. The molecule has 5 nitrogen and oxygen atoms in total. The van der Waals surface area contributed by atoms with Gasteiger partial charge >= 0.3 is 0 Å². The van der Waals surface area contributed by atoms with Crippen LogP contribution in [0.1, 0.15) is 11.3 Å². The van der Waals surface area contributed by atoms with Crippen LogP contribution < -0.4 is 16.8 Å². The van der Waals surface area contributed by atoms with Crippen molar-refractivity contribution in [2.24, 2.45) is 16.5 Å². The lowest BCUT2D eigenvalue weighted by atomic mass is 10.1. The second kappa shape index (κ2) is 3.61. The number of nitrogens with zero attached hydrogens (tertiary/aromatic N) is 1. The van der Waals surface area contributed by atoms with Gasteiger partial charge in [0.05, 0.1) is 0 Å². The van der Waals surface area contributed by atoms with E-state index in [1.807, 2.05) is 25.1 Å². The molecule has 1 aromatic carbocycles. The lowest BCUT2D eigenvalue weighted by Gasteiger charge is -2.28. The van der Waals surface area contributed by atoms with Gasteiger partial charge in [-0.25, -0.2) is 4.99 Å². The van der Waals surface area contributed by atoms with Crippen molar-refractivity contribution in [3.05, 3.63) is 47.8 Å². The Morgan fingerprint density at radius 2 is 2.11 bits per heavy atom. The van der Waals surface area contributed by atoms with Crippen molar-refractivity contribution in [3.8, 4) is 0 Å². The number of hydrogen-bond acceptors (Lipinski definition) is 4. The van der Waals surface area contributed by atoms with Gasteiger partial charge in [0.2, 0.25) is 5.79 Å². The van der Waals surface area contributed by atoms with Crippen LogP contribution in [0.3, 0.4) is 0 Å². The van der Waals surface area contributed by atoms with E-state index in [1.54, 1.807) is 12.3 Å². The Morgan fingerprint density at radius 3 is 2.89 bits per heavy atom. The van der Waals surface area contributed by atoms with E-state index in [9.17, 15) is 0 Å². The highest BCUT2D eigenvalue weighted by atomic mass is 15.3. The van der Waals surface area contributed by atoms with E-state index in [4.69, 9.17) is 11.5 Å². The zero-order valence-electron chi connectivity index (χ0n) is 10.1. The first kappa shape index (κ1) is 10.9. The van der Waals surface area contributed by atoms with Gasteiger partial charge in [-0.3, -0.25) is 5.73 Å². The topological polar surface area (TPSA) is 92.2 Å². The molecule has 1 atom stereocenters. The maximum Gasteiger partial charge on any atom is 0.211 e. The average molecular weight is 241 g/mol. The largest absolute Gasteiger partial charge is 0.384 e. The Balaban J connectivity index is 2.11. The summed E-state index contributed by atoms with van der Waals surface area (Å²) < 4.78 is 0. The molecule has 92 valence electrons. The molecule has 1 unspecified atom stereocenters. The van der Waals surface area contributed by atoms with Crippen molar-refractivity contribution < 1.29 is 0 Å². The van der Waals surface area contributed by atoms with Gasteiger partial charge in [-0.1, -0.05) is 6.07 Å². The minimum atomic E-state index is -0.988. The molecule has 1 aliphatic rings. The van der Waals surface area contributed by atoms with Crippen molar-refractivity contribution in [2.75, 3.05) is 0 Å². The normalized spacial score (nSPS) is 22.9. The predicted molar refractivity (Wildman–Crippen MR) is 72.8 cm³/mol. The van der Waals surface area contributed by atoms with Crippen LogP contribution in [-0.2, 0) is 5.79 Å². The van der Waals surface area contributed by atoms with Gasteiger partial charge in [-0.2, -0.15) is 0 Å². The molecule has 0 radical (unpaired) electrons. The highest BCUT2D eigenvalue weighted by Gasteiger charge is 2.27. The van der Waals surface area contributed by atoms with Crippen molar-refractivity contribution in [3.63, 3.8) is 0 Å². The summed E-state index contributed by atoms with van der Waals surface area (Å²) in [6.45, 7) is 2.02. The number of nitrogens with one attached hydrogen (secondary N) is 2. The number of amidine groups is 1. The molecule has 0 amide bonds. The first-order valence-electron chi connectivity index (χ1n) is 5.75. The monoisotopic (exact) mass is 241 g/mol. The van der Waals surface area contributed by atoms with Crippen LogP contribution in [-0.4, -0.2) is 10.8 Å². The fourth-order valence-corrected chi connectivity index (χ4v) is 2.19. The highest BCUT2D eigenvalue weighted by molar-refractivity contribution is 5.92. The van der Waals surface area contributed by atoms with Gasteiger partial charge in [0.15, 0.2) is 0 Å². The molecule has 3 rings (SSSR count). The fraction of sp³-hybridized carbons (Fsp3) is 0.154. The van der Waals surface area contributed by atoms with Gasteiger partial charge in [0, 0.05) is 28.4 Å². The molecule has 1 aromatic heterocycles. The van der Waals surface area contributed by atoms with Crippen molar-refractivity contribution in [1.29, 1.82) is 0 Å². The van der Waals surface area contributed by atoms with E-state index < -0.39 is 5.79 Å². The van der Waals surface area contributed by atoms with Crippen LogP contribution in [0.15, 0.2) is 41.5 Å². The first-order valence-corrected chi connectivity index (χ1v) is 5.75. The fourth-order valence-electron chi connectivity index (χ4n) is 2.19. The molecule has 2 heterocycles. The summed E-state index contributed by atoms with van der Waals surface area (Å²) in [6, 6.07) is 8.04. The van der Waals surface area contributed by atoms with Crippen LogP contribution in [0, 0.1) is 6.92 Å². The number of aromatic nitrogens is 1. The van der Waals surface area contributed by atoms with Gasteiger partial charge in [0.1, 0.15) is 5.84 Å². The predicted octanol–water partition coefficient (Wildman–Crippen LogP) is 1.02. The highest BCUT2D eigenvalue weighted by Crippen LogP contribution is 2.24. The molecule has 0 saturated carbocycles. The Morgan fingerprint density at radius 1 is 1.28 bits per heavy atom. The SMILES string of the molecule is Cc1cc2cc(C3(N)N=C(N)C=CN3)ccc2[nH]1. The third kappa shape index (κ3) is 1.65. The van der Waals surface area contributed by atoms with Crippen LogP contribution in [0.2, 0.25) is 0 Å². The molecule has 0 fully saturated rings. The van der Waals surface area contributed by atoms with Crippen LogP contribution in [0.4, 0.5) is 0 Å². The number of aliphatic imine (C=N–C) groups is 1. The molecule has 2 aromatic rings. The summed E-state index contributed by atoms with van der Waals surface area (Å²) in [4.78, 5) is 7.54. The van der Waals surface area contributed by atoms with Crippen LogP contribution in [0.5, 0.6) is 0 Å². The average Bonchev–Trinajstić information content (AvgIpc) is 2.67. The Bertz CT molecular complexity index is 667. The molecular weight excluding hydrogens is 226 g/mol.